The molecule has 2 aromatic carbocycles. The van der Waals surface area contributed by atoms with E-state index in [-0.39, 0.29) is 46.7 Å². The molecule has 29 heavy (non-hydrogen) atoms. The molecule has 0 saturated carbocycles. The minimum atomic E-state index is -0.970. The van der Waals surface area contributed by atoms with E-state index < -0.39 is 23.3 Å². The van der Waals surface area contributed by atoms with Crippen molar-refractivity contribution in [3.05, 3.63) is 76.4 Å². The summed E-state index contributed by atoms with van der Waals surface area (Å²) in [5.41, 5.74) is 5.10. The Morgan fingerprint density at radius 3 is 2.48 bits per heavy atom. The van der Waals surface area contributed by atoms with Crippen LogP contribution in [0, 0.1) is 11.6 Å². The van der Waals surface area contributed by atoms with Crippen LogP contribution in [0.1, 0.15) is 16.1 Å². The minimum absolute atomic E-state index is 0. The van der Waals surface area contributed by atoms with Gasteiger partial charge in [-0.15, -0.1) is 12.4 Å². The third kappa shape index (κ3) is 4.75. The van der Waals surface area contributed by atoms with Crippen molar-refractivity contribution >= 4 is 35.7 Å². The molecule has 5 nitrogen and oxygen atoms in total. The van der Waals surface area contributed by atoms with Crippen LogP contribution in [0.25, 0.3) is 11.3 Å². The zero-order valence-electron chi connectivity index (χ0n) is 15.1. The summed E-state index contributed by atoms with van der Waals surface area (Å²) in [6, 6.07) is 12.6. The highest BCUT2D eigenvalue weighted by molar-refractivity contribution is 6.32. The van der Waals surface area contributed by atoms with Gasteiger partial charge >= 0.3 is 5.97 Å². The zero-order valence-corrected chi connectivity index (χ0v) is 16.7. The average Bonchev–Trinajstić information content (AvgIpc) is 2.70. The molecule has 0 aliphatic rings. The predicted octanol–water partition coefficient (Wildman–Crippen LogP) is 5.05. The Bertz CT molecular complexity index is 1030. The van der Waals surface area contributed by atoms with E-state index in [0.717, 1.165) is 11.6 Å². The first-order chi connectivity index (χ1) is 13.4. The third-order valence-corrected chi connectivity index (χ3v) is 4.21. The van der Waals surface area contributed by atoms with Crippen LogP contribution < -0.4 is 10.5 Å². The lowest BCUT2D eigenvalue weighted by atomic mass is 10.1. The summed E-state index contributed by atoms with van der Waals surface area (Å²) >= 11 is 5.86. The number of hydrogen-bond donors (Lipinski definition) is 1. The van der Waals surface area contributed by atoms with Crippen LogP contribution in [0.4, 0.5) is 14.5 Å². The molecule has 0 spiro atoms. The summed E-state index contributed by atoms with van der Waals surface area (Å²) < 4.78 is 39.2. The number of hydrogen-bond acceptors (Lipinski definition) is 5. The van der Waals surface area contributed by atoms with Crippen molar-refractivity contribution in [3.63, 3.8) is 0 Å². The van der Waals surface area contributed by atoms with E-state index in [1.54, 1.807) is 24.3 Å². The molecule has 0 fully saturated rings. The molecule has 0 aliphatic carbocycles. The van der Waals surface area contributed by atoms with Gasteiger partial charge in [-0.2, -0.15) is 0 Å². The number of anilines is 1. The van der Waals surface area contributed by atoms with Crippen LogP contribution in [0.3, 0.4) is 0 Å². The number of esters is 1. The summed E-state index contributed by atoms with van der Waals surface area (Å²) in [4.78, 5) is 16.2. The fourth-order valence-electron chi connectivity index (χ4n) is 2.53. The molecule has 0 amide bonds. The van der Waals surface area contributed by atoms with Crippen molar-refractivity contribution in [2.45, 2.75) is 6.61 Å². The summed E-state index contributed by atoms with van der Waals surface area (Å²) in [5.74, 6) is -2.98. The number of ether oxygens (including phenoxy) is 2. The maximum absolute atomic E-state index is 14.7. The first-order valence-corrected chi connectivity index (χ1v) is 8.49. The van der Waals surface area contributed by atoms with E-state index in [2.05, 4.69) is 4.98 Å². The summed E-state index contributed by atoms with van der Waals surface area (Å²) in [5, 5.41) is 0.00977. The van der Waals surface area contributed by atoms with Gasteiger partial charge in [-0.25, -0.2) is 18.6 Å². The molecule has 0 radical (unpaired) electrons. The second kappa shape index (κ2) is 9.54. The van der Waals surface area contributed by atoms with Gasteiger partial charge in [-0.3, -0.25) is 0 Å². The SMILES string of the molecule is COc1c(Cl)ccc(-c2nc(C(=O)OCc3ccccc3)cc(N)c2F)c1F.Cl. The molecule has 1 heterocycles. The number of nitrogens with two attached hydrogens (primary N) is 1. The molecule has 0 aliphatic heterocycles. The number of pyridine rings is 1. The number of nitrogens with zero attached hydrogens (tertiary/aromatic N) is 1. The normalized spacial score (nSPS) is 10.2. The van der Waals surface area contributed by atoms with Crippen molar-refractivity contribution in [2.24, 2.45) is 0 Å². The van der Waals surface area contributed by atoms with Gasteiger partial charge in [0.05, 0.1) is 17.8 Å². The van der Waals surface area contributed by atoms with Gasteiger partial charge in [0.1, 0.15) is 12.3 Å². The Kier molecular flexibility index (Phi) is 7.36. The van der Waals surface area contributed by atoms with Gasteiger partial charge in [-0.05, 0) is 23.8 Å². The van der Waals surface area contributed by atoms with E-state index in [9.17, 15) is 13.6 Å². The molecule has 0 unspecified atom stereocenters. The van der Waals surface area contributed by atoms with Gasteiger partial charge < -0.3 is 15.2 Å². The molecule has 9 heteroatoms. The Hall–Kier alpha value is -2.90. The largest absolute Gasteiger partial charge is 0.492 e. The smallest absolute Gasteiger partial charge is 0.357 e. The monoisotopic (exact) mass is 440 g/mol. The van der Waals surface area contributed by atoms with Gasteiger partial charge in [-0.1, -0.05) is 41.9 Å². The second-order valence-electron chi connectivity index (χ2n) is 5.76. The molecule has 0 atom stereocenters. The van der Waals surface area contributed by atoms with E-state index in [1.807, 2.05) is 6.07 Å². The molecule has 0 saturated heterocycles. The predicted molar refractivity (Wildman–Crippen MR) is 108 cm³/mol. The van der Waals surface area contributed by atoms with Gasteiger partial charge in [0.15, 0.2) is 23.1 Å². The minimum Gasteiger partial charge on any atom is -0.492 e. The third-order valence-electron chi connectivity index (χ3n) is 3.92. The summed E-state index contributed by atoms with van der Waals surface area (Å²) in [6.45, 7) is -0.00288. The average molecular weight is 441 g/mol. The lowest BCUT2D eigenvalue weighted by Gasteiger charge is -2.12. The van der Waals surface area contributed by atoms with E-state index >= 15 is 0 Å². The van der Waals surface area contributed by atoms with Gasteiger partial charge in [0.2, 0.25) is 0 Å². The van der Waals surface area contributed by atoms with Crippen molar-refractivity contribution in [2.75, 3.05) is 12.8 Å². The fourth-order valence-corrected chi connectivity index (χ4v) is 2.75. The number of halogens is 4. The molecule has 3 rings (SSSR count). The topological polar surface area (TPSA) is 74.4 Å². The van der Waals surface area contributed by atoms with Crippen LogP contribution >= 0.6 is 24.0 Å². The van der Waals surface area contributed by atoms with E-state index in [1.165, 1.54) is 19.2 Å². The molecule has 3 aromatic rings. The van der Waals surface area contributed by atoms with Crippen molar-refractivity contribution in [3.8, 4) is 17.0 Å². The Morgan fingerprint density at radius 2 is 1.83 bits per heavy atom. The summed E-state index contributed by atoms with van der Waals surface area (Å²) in [6.07, 6.45) is 0. The van der Waals surface area contributed by atoms with Gasteiger partial charge in [0, 0.05) is 5.56 Å². The Labute approximate surface area is 176 Å². The maximum atomic E-state index is 14.7. The van der Waals surface area contributed by atoms with E-state index in [0.29, 0.717) is 0 Å². The lowest BCUT2D eigenvalue weighted by molar-refractivity contribution is 0.0466. The van der Waals surface area contributed by atoms with Crippen LogP contribution in [0.2, 0.25) is 5.02 Å². The molecular formula is C20H16Cl2F2N2O3. The second-order valence-corrected chi connectivity index (χ2v) is 6.17. The highest BCUT2D eigenvalue weighted by atomic mass is 35.5. The van der Waals surface area contributed by atoms with Crippen LogP contribution in [0.15, 0.2) is 48.5 Å². The molecule has 0 bridgehead atoms. The number of methoxy groups -OCH3 is 1. The first-order valence-electron chi connectivity index (χ1n) is 8.11. The van der Waals surface area contributed by atoms with Crippen LogP contribution in [0.5, 0.6) is 5.75 Å². The van der Waals surface area contributed by atoms with Crippen LogP contribution in [-0.4, -0.2) is 18.1 Å². The van der Waals surface area contributed by atoms with Gasteiger partial charge in [0.25, 0.3) is 0 Å². The fraction of sp³-hybridized carbons (Fsp3) is 0.100. The van der Waals surface area contributed by atoms with Crippen LogP contribution in [-0.2, 0) is 11.3 Å². The molecular weight excluding hydrogens is 425 g/mol. The Morgan fingerprint density at radius 1 is 1.14 bits per heavy atom. The number of rotatable bonds is 5. The van der Waals surface area contributed by atoms with E-state index in [4.69, 9.17) is 26.8 Å². The maximum Gasteiger partial charge on any atom is 0.357 e. The van der Waals surface area contributed by atoms with Crippen molar-refractivity contribution in [1.29, 1.82) is 0 Å². The summed E-state index contributed by atoms with van der Waals surface area (Å²) in [7, 11) is 1.23. The molecule has 2 N–H and O–H groups in total. The zero-order chi connectivity index (χ0) is 20.3. The molecule has 152 valence electrons. The lowest BCUT2D eigenvalue weighted by Crippen LogP contribution is -2.11. The number of aromatic nitrogens is 1. The highest BCUT2D eigenvalue weighted by Crippen LogP contribution is 2.36. The number of nitrogen functional groups attached to an aromatic ring is 1. The Balaban J connectivity index is 0.00000300. The quantitative estimate of drug-likeness (QED) is 0.561. The number of carbonyl (C=O) groups excluding carboxylic acids is 1. The number of carbonyl (C=O) groups is 1. The standard InChI is InChI=1S/C20H15ClF2N2O3.ClH/c1-27-19-13(21)8-7-12(16(19)22)18-17(23)14(24)9-15(25-18)20(26)28-10-11-5-3-2-4-6-11;/h2-9H,10H2,1H3,(H2,24,25);1H. The molecule has 1 aromatic heterocycles. The van der Waals surface area contributed by atoms with Crippen molar-refractivity contribution in [1.82, 2.24) is 4.98 Å². The van der Waals surface area contributed by atoms with Crippen molar-refractivity contribution < 1.29 is 23.0 Å². The highest BCUT2D eigenvalue weighted by Gasteiger charge is 2.22. The number of benzene rings is 2. The first kappa shape index (κ1) is 22.4.